The van der Waals surface area contributed by atoms with Gasteiger partial charge >= 0.3 is 0 Å². The lowest BCUT2D eigenvalue weighted by atomic mass is 9.68. The van der Waals surface area contributed by atoms with E-state index in [2.05, 4.69) is 46.8 Å². The third-order valence-corrected chi connectivity index (χ3v) is 5.06. The van der Waals surface area contributed by atoms with Gasteiger partial charge in [0.2, 0.25) is 0 Å². The van der Waals surface area contributed by atoms with E-state index >= 15 is 0 Å². The summed E-state index contributed by atoms with van der Waals surface area (Å²) in [6, 6.07) is 0. The summed E-state index contributed by atoms with van der Waals surface area (Å²) in [5.41, 5.74) is 9.59. The second-order valence-corrected chi connectivity index (χ2v) is 7.37. The zero-order chi connectivity index (χ0) is 15.9. The van der Waals surface area contributed by atoms with Crippen LogP contribution in [0.2, 0.25) is 0 Å². The first-order chi connectivity index (χ1) is 9.94. The number of nitrogens with two attached hydrogens (primary N) is 1. The third kappa shape index (κ3) is 5.98. The van der Waals surface area contributed by atoms with Crippen molar-refractivity contribution >= 4 is 0 Å². The van der Waals surface area contributed by atoms with Crippen LogP contribution in [0.25, 0.3) is 0 Å². The summed E-state index contributed by atoms with van der Waals surface area (Å²) in [5.74, 6) is 1.65. The Morgan fingerprint density at radius 1 is 1.24 bits per heavy atom. The van der Waals surface area contributed by atoms with E-state index in [1.165, 1.54) is 44.1 Å². The summed E-state index contributed by atoms with van der Waals surface area (Å²) in [5, 5.41) is 0. The summed E-state index contributed by atoms with van der Waals surface area (Å²) in [4.78, 5) is 0. The molecule has 0 bridgehead atoms. The van der Waals surface area contributed by atoms with Crippen LogP contribution in [0.5, 0.6) is 0 Å². The molecule has 1 fully saturated rings. The van der Waals surface area contributed by atoms with Crippen molar-refractivity contribution in [3.05, 3.63) is 23.3 Å². The van der Waals surface area contributed by atoms with Crippen LogP contribution in [0, 0.1) is 11.8 Å². The first kappa shape index (κ1) is 18.5. The van der Waals surface area contributed by atoms with Gasteiger partial charge in [-0.2, -0.15) is 0 Å². The molecule has 1 aliphatic rings. The van der Waals surface area contributed by atoms with Crippen molar-refractivity contribution in [2.75, 3.05) is 0 Å². The molecule has 0 aliphatic heterocycles. The molecule has 1 aliphatic carbocycles. The maximum absolute atomic E-state index is 6.47. The molecule has 0 aromatic carbocycles. The van der Waals surface area contributed by atoms with Gasteiger partial charge in [0.05, 0.1) is 0 Å². The van der Waals surface area contributed by atoms with E-state index in [0.717, 1.165) is 24.7 Å². The fraction of sp³-hybridized carbons (Fsp3) is 0.800. The van der Waals surface area contributed by atoms with Crippen LogP contribution in [0.1, 0.15) is 86.0 Å². The molecule has 0 spiro atoms. The zero-order valence-corrected chi connectivity index (χ0v) is 15.0. The smallest absolute Gasteiger partial charge is 0.0194 e. The Balaban J connectivity index is 2.74. The minimum Gasteiger partial charge on any atom is -0.325 e. The van der Waals surface area contributed by atoms with Crippen LogP contribution >= 0.6 is 0 Å². The van der Waals surface area contributed by atoms with E-state index < -0.39 is 0 Å². The summed E-state index contributed by atoms with van der Waals surface area (Å²) < 4.78 is 0. The van der Waals surface area contributed by atoms with E-state index in [9.17, 15) is 0 Å². The van der Waals surface area contributed by atoms with E-state index in [1.54, 1.807) is 5.57 Å². The van der Waals surface area contributed by atoms with Gasteiger partial charge in [-0.3, -0.25) is 0 Å². The van der Waals surface area contributed by atoms with Crippen LogP contribution in [0.3, 0.4) is 0 Å². The molecule has 1 saturated carbocycles. The van der Waals surface area contributed by atoms with Crippen molar-refractivity contribution in [3.63, 3.8) is 0 Å². The highest BCUT2D eigenvalue weighted by Gasteiger charge is 2.37. The molecule has 1 heteroatoms. The van der Waals surface area contributed by atoms with Gasteiger partial charge in [-0.25, -0.2) is 0 Å². The molecule has 0 radical (unpaired) electrons. The van der Waals surface area contributed by atoms with Gasteiger partial charge in [-0.1, -0.05) is 64.7 Å². The lowest BCUT2D eigenvalue weighted by molar-refractivity contribution is 0.165. The summed E-state index contributed by atoms with van der Waals surface area (Å²) in [7, 11) is 0. The molecule has 21 heavy (non-hydrogen) atoms. The van der Waals surface area contributed by atoms with E-state index in [-0.39, 0.29) is 5.54 Å². The number of rotatable bonds is 9. The lowest BCUT2D eigenvalue weighted by Gasteiger charge is -2.43. The minimum absolute atomic E-state index is 0.0869. The van der Waals surface area contributed by atoms with Crippen LogP contribution in [-0.2, 0) is 0 Å². The minimum atomic E-state index is 0.0869. The predicted octanol–water partition coefficient (Wildman–Crippen LogP) is 6.00. The SMILES string of the molecule is CC/C=C(C)/C(=C/CC1(N)CC(C)C1)CC(CC)CCC. The van der Waals surface area contributed by atoms with Crippen molar-refractivity contribution in [1.82, 2.24) is 0 Å². The highest BCUT2D eigenvalue weighted by molar-refractivity contribution is 5.30. The predicted molar refractivity (Wildman–Crippen MR) is 95.4 cm³/mol. The summed E-state index contributed by atoms with van der Waals surface area (Å²) >= 11 is 0. The Morgan fingerprint density at radius 2 is 1.90 bits per heavy atom. The van der Waals surface area contributed by atoms with Crippen molar-refractivity contribution in [2.24, 2.45) is 17.6 Å². The molecule has 0 heterocycles. The highest BCUT2D eigenvalue weighted by atomic mass is 14.8. The van der Waals surface area contributed by atoms with Crippen molar-refractivity contribution in [1.29, 1.82) is 0 Å². The van der Waals surface area contributed by atoms with Crippen LogP contribution in [0.4, 0.5) is 0 Å². The van der Waals surface area contributed by atoms with E-state index in [1.807, 2.05) is 0 Å². The van der Waals surface area contributed by atoms with Crippen molar-refractivity contribution in [3.8, 4) is 0 Å². The summed E-state index contributed by atoms with van der Waals surface area (Å²) in [6.45, 7) is 11.4. The molecule has 2 N–H and O–H groups in total. The topological polar surface area (TPSA) is 26.0 Å². The molecule has 1 atom stereocenters. The Hall–Kier alpha value is -0.560. The van der Waals surface area contributed by atoms with Crippen molar-refractivity contribution in [2.45, 2.75) is 91.5 Å². The Bertz CT molecular complexity index is 358. The second-order valence-electron chi connectivity index (χ2n) is 7.37. The third-order valence-electron chi connectivity index (χ3n) is 5.06. The molecular weight excluding hydrogens is 254 g/mol. The van der Waals surface area contributed by atoms with Gasteiger partial charge in [0, 0.05) is 5.54 Å². The first-order valence-electron chi connectivity index (χ1n) is 9.09. The average Bonchev–Trinajstić information content (AvgIpc) is 2.40. The van der Waals surface area contributed by atoms with Gasteiger partial charge in [0.15, 0.2) is 0 Å². The van der Waals surface area contributed by atoms with E-state index in [4.69, 9.17) is 5.73 Å². The zero-order valence-electron chi connectivity index (χ0n) is 15.0. The maximum Gasteiger partial charge on any atom is 0.0194 e. The van der Waals surface area contributed by atoms with Crippen LogP contribution in [-0.4, -0.2) is 5.54 Å². The van der Waals surface area contributed by atoms with Gasteiger partial charge in [-0.15, -0.1) is 0 Å². The molecule has 122 valence electrons. The molecule has 0 amide bonds. The number of hydrogen-bond donors (Lipinski definition) is 1. The average molecular weight is 292 g/mol. The highest BCUT2D eigenvalue weighted by Crippen LogP contribution is 2.39. The lowest BCUT2D eigenvalue weighted by Crippen LogP contribution is -2.50. The first-order valence-corrected chi connectivity index (χ1v) is 9.09. The standard InChI is InChI=1S/C20H37N/c1-6-9-17(5)19(13-18(8-3)10-7-2)11-12-20(21)14-16(4)15-20/h9,11,16,18H,6-8,10,12-15,21H2,1-5H3/b17-9+,19-11+. The van der Waals surface area contributed by atoms with Gasteiger partial charge in [0.1, 0.15) is 0 Å². The molecule has 1 rings (SSSR count). The molecular formula is C20H37N. The largest absolute Gasteiger partial charge is 0.325 e. The van der Waals surface area contributed by atoms with Gasteiger partial charge in [0.25, 0.3) is 0 Å². The Kier molecular flexibility index (Phi) is 7.73. The fourth-order valence-electron chi connectivity index (χ4n) is 3.83. The normalized spacial score (nSPS) is 28.4. The maximum atomic E-state index is 6.47. The molecule has 0 aromatic rings. The van der Waals surface area contributed by atoms with Gasteiger partial charge < -0.3 is 5.73 Å². The van der Waals surface area contributed by atoms with E-state index in [0.29, 0.717) is 0 Å². The van der Waals surface area contributed by atoms with Crippen LogP contribution in [0.15, 0.2) is 23.3 Å². The monoisotopic (exact) mass is 291 g/mol. The Morgan fingerprint density at radius 3 is 2.38 bits per heavy atom. The van der Waals surface area contributed by atoms with Gasteiger partial charge in [-0.05, 0) is 56.4 Å². The Labute approximate surface area is 133 Å². The van der Waals surface area contributed by atoms with Crippen molar-refractivity contribution < 1.29 is 0 Å². The van der Waals surface area contributed by atoms with Crippen LogP contribution < -0.4 is 5.73 Å². The number of allylic oxidation sites excluding steroid dienone is 3. The summed E-state index contributed by atoms with van der Waals surface area (Å²) in [6.07, 6.45) is 14.6. The molecule has 0 aromatic heterocycles. The quantitative estimate of drug-likeness (QED) is 0.518. The molecule has 0 saturated heterocycles. The number of hydrogen-bond acceptors (Lipinski definition) is 1. The molecule has 1 unspecified atom stereocenters. The second kappa shape index (κ2) is 8.78. The fourth-order valence-corrected chi connectivity index (χ4v) is 3.83. The molecule has 1 nitrogen and oxygen atoms in total.